The maximum Gasteiger partial charge on any atom is 0.338 e. The molecule has 1 fully saturated rings. The zero-order valence-electron chi connectivity index (χ0n) is 13.4. The maximum absolute atomic E-state index is 12.5. The van der Waals surface area contributed by atoms with Crippen molar-refractivity contribution in [3.05, 3.63) is 11.6 Å². The SMILES string of the molecule is CCC(C)C(O)(CCO)C(=O)OC1CCN2CC=C(CO)C12. The molecule has 0 aliphatic carbocycles. The summed E-state index contributed by atoms with van der Waals surface area (Å²) in [7, 11) is 0. The van der Waals surface area contributed by atoms with E-state index in [1.54, 1.807) is 6.92 Å². The van der Waals surface area contributed by atoms with Crippen molar-refractivity contribution in [2.45, 2.75) is 50.9 Å². The summed E-state index contributed by atoms with van der Waals surface area (Å²) < 4.78 is 5.60. The van der Waals surface area contributed by atoms with Crippen molar-refractivity contribution in [1.29, 1.82) is 0 Å². The van der Waals surface area contributed by atoms with Gasteiger partial charge in [0.05, 0.1) is 12.6 Å². The van der Waals surface area contributed by atoms with Gasteiger partial charge in [-0.15, -0.1) is 0 Å². The summed E-state index contributed by atoms with van der Waals surface area (Å²) in [5, 5.41) is 29.2. The number of ether oxygens (including phenoxy) is 1. The highest BCUT2D eigenvalue weighted by molar-refractivity contribution is 5.80. The lowest BCUT2D eigenvalue weighted by Crippen LogP contribution is -2.49. The molecule has 4 unspecified atom stereocenters. The summed E-state index contributed by atoms with van der Waals surface area (Å²) in [5.41, 5.74) is -0.775. The molecule has 126 valence electrons. The summed E-state index contributed by atoms with van der Waals surface area (Å²) in [4.78, 5) is 14.7. The van der Waals surface area contributed by atoms with Gasteiger partial charge >= 0.3 is 5.97 Å². The molecule has 0 amide bonds. The number of carbonyl (C=O) groups is 1. The molecular weight excluding hydrogens is 286 g/mol. The molecule has 0 spiro atoms. The molecule has 0 aromatic carbocycles. The zero-order chi connectivity index (χ0) is 16.3. The molecule has 22 heavy (non-hydrogen) atoms. The fourth-order valence-corrected chi connectivity index (χ4v) is 3.44. The van der Waals surface area contributed by atoms with Crippen LogP contribution < -0.4 is 0 Å². The number of nitrogens with zero attached hydrogens (tertiary/aromatic N) is 1. The first kappa shape index (κ1) is 17.4. The number of fused-ring (bicyclic) bond motifs is 1. The molecule has 0 aromatic rings. The number of esters is 1. The van der Waals surface area contributed by atoms with Gasteiger partial charge in [-0.05, 0) is 17.9 Å². The number of rotatable bonds is 7. The number of carbonyl (C=O) groups excluding carboxylic acids is 1. The standard InChI is InChI=1S/C16H27NO5/c1-3-11(2)16(21,6-9-18)15(20)22-13-5-8-17-7-4-12(10-19)14(13)17/h4,11,13-14,18-19,21H,3,5-10H2,1-2H3. The van der Waals surface area contributed by atoms with Crippen molar-refractivity contribution in [3.8, 4) is 0 Å². The minimum absolute atomic E-state index is 0.0232. The minimum atomic E-state index is -1.65. The van der Waals surface area contributed by atoms with Crippen LogP contribution in [0.4, 0.5) is 0 Å². The van der Waals surface area contributed by atoms with Crippen LogP contribution in [0.1, 0.15) is 33.1 Å². The molecular formula is C16H27NO5. The molecule has 2 aliphatic heterocycles. The van der Waals surface area contributed by atoms with Gasteiger partial charge in [-0.3, -0.25) is 4.90 Å². The van der Waals surface area contributed by atoms with Crippen molar-refractivity contribution >= 4 is 5.97 Å². The average Bonchev–Trinajstić information content (AvgIpc) is 3.09. The van der Waals surface area contributed by atoms with Crippen LogP contribution in [0.15, 0.2) is 11.6 Å². The Morgan fingerprint density at radius 3 is 2.86 bits per heavy atom. The third kappa shape index (κ3) is 3.06. The van der Waals surface area contributed by atoms with Crippen LogP contribution in [0.5, 0.6) is 0 Å². The summed E-state index contributed by atoms with van der Waals surface area (Å²) in [6.07, 6.45) is 2.92. The van der Waals surface area contributed by atoms with Crippen molar-refractivity contribution in [2.75, 3.05) is 26.3 Å². The first-order valence-electron chi connectivity index (χ1n) is 8.06. The van der Waals surface area contributed by atoms with E-state index in [1.807, 2.05) is 13.0 Å². The van der Waals surface area contributed by atoms with E-state index in [0.717, 1.165) is 18.7 Å². The average molecular weight is 313 g/mol. The van der Waals surface area contributed by atoms with E-state index in [-0.39, 0.29) is 37.7 Å². The summed E-state index contributed by atoms with van der Waals surface area (Å²) >= 11 is 0. The lowest BCUT2D eigenvalue weighted by molar-refractivity contribution is -0.179. The van der Waals surface area contributed by atoms with Crippen LogP contribution in [-0.2, 0) is 9.53 Å². The van der Waals surface area contributed by atoms with Gasteiger partial charge < -0.3 is 20.1 Å². The highest BCUT2D eigenvalue weighted by Crippen LogP contribution is 2.33. The topological polar surface area (TPSA) is 90.2 Å². The fraction of sp³-hybridized carbons (Fsp3) is 0.812. The van der Waals surface area contributed by atoms with Crippen molar-refractivity contribution in [1.82, 2.24) is 4.90 Å². The lowest BCUT2D eigenvalue weighted by Gasteiger charge is -2.33. The van der Waals surface area contributed by atoms with E-state index in [9.17, 15) is 15.0 Å². The molecule has 6 heteroatoms. The van der Waals surface area contributed by atoms with E-state index in [2.05, 4.69) is 4.90 Å². The van der Waals surface area contributed by atoms with Crippen LogP contribution in [0.2, 0.25) is 0 Å². The molecule has 0 saturated carbocycles. The highest BCUT2D eigenvalue weighted by atomic mass is 16.6. The normalized spacial score (nSPS) is 28.9. The number of aliphatic hydroxyl groups is 3. The van der Waals surface area contributed by atoms with E-state index in [0.29, 0.717) is 12.8 Å². The van der Waals surface area contributed by atoms with Crippen LogP contribution in [0, 0.1) is 5.92 Å². The second kappa shape index (κ2) is 7.08. The monoisotopic (exact) mass is 313 g/mol. The second-order valence-electron chi connectivity index (χ2n) is 6.32. The predicted octanol–water partition coefficient (Wildman–Crippen LogP) is 0.0644. The van der Waals surface area contributed by atoms with Crippen molar-refractivity contribution in [3.63, 3.8) is 0 Å². The molecule has 1 saturated heterocycles. The first-order chi connectivity index (χ1) is 10.5. The van der Waals surface area contributed by atoms with Crippen LogP contribution in [0.25, 0.3) is 0 Å². The van der Waals surface area contributed by atoms with Crippen LogP contribution in [-0.4, -0.2) is 70.2 Å². The van der Waals surface area contributed by atoms with E-state index >= 15 is 0 Å². The minimum Gasteiger partial charge on any atom is -0.458 e. The summed E-state index contributed by atoms with van der Waals surface area (Å²) in [5.74, 6) is -0.951. The third-order valence-corrected chi connectivity index (χ3v) is 5.13. The molecule has 4 atom stereocenters. The summed E-state index contributed by atoms with van der Waals surface area (Å²) in [6, 6.07) is -0.0794. The Bertz CT molecular complexity index is 438. The molecule has 2 rings (SSSR count). The Morgan fingerprint density at radius 2 is 2.27 bits per heavy atom. The fourth-order valence-electron chi connectivity index (χ4n) is 3.44. The van der Waals surface area contributed by atoms with E-state index in [4.69, 9.17) is 9.84 Å². The smallest absolute Gasteiger partial charge is 0.338 e. The number of hydrogen-bond donors (Lipinski definition) is 3. The predicted molar refractivity (Wildman–Crippen MR) is 81.1 cm³/mol. The van der Waals surface area contributed by atoms with Gasteiger partial charge in [0.2, 0.25) is 0 Å². The Labute approximate surface area is 131 Å². The van der Waals surface area contributed by atoms with Crippen LogP contribution >= 0.6 is 0 Å². The third-order valence-electron chi connectivity index (χ3n) is 5.13. The van der Waals surface area contributed by atoms with Gasteiger partial charge in [0.1, 0.15) is 6.10 Å². The lowest BCUT2D eigenvalue weighted by atomic mass is 9.84. The zero-order valence-corrected chi connectivity index (χ0v) is 13.4. The highest BCUT2D eigenvalue weighted by Gasteiger charge is 2.47. The maximum atomic E-state index is 12.5. The molecule has 2 heterocycles. The van der Waals surface area contributed by atoms with Gasteiger partial charge in [0, 0.05) is 26.1 Å². The Hall–Kier alpha value is -0.950. The van der Waals surface area contributed by atoms with Gasteiger partial charge in [-0.25, -0.2) is 4.79 Å². The largest absolute Gasteiger partial charge is 0.458 e. The van der Waals surface area contributed by atoms with E-state index in [1.165, 1.54) is 0 Å². The van der Waals surface area contributed by atoms with Crippen molar-refractivity contribution in [2.24, 2.45) is 5.92 Å². The first-order valence-corrected chi connectivity index (χ1v) is 8.06. The van der Waals surface area contributed by atoms with Crippen molar-refractivity contribution < 1.29 is 24.9 Å². The molecule has 2 aliphatic rings. The number of aliphatic hydroxyl groups excluding tert-OH is 2. The van der Waals surface area contributed by atoms with Gasteiger partial charge in [0.15, 0.2) is 5.60 Å². The number of hydrogen-bond acceptors (Lipinski definition) is 6. The van der Waals surface area contributed by atoms with Crippen LogP contribution in [0.3, 0.4) is 0 Å². The van der Waals surface area contributed by atoms with Gasteiger partial charge in [0.25, 0.3) is 0 Å². The summed E-state index contributed by atoms with van der Waals surface area (Å²) in [6.45, 7) is 4.94. The second-order valence-corrected chi connectivity index (χ2v) is 6.32. The quantitative estimate of drug-likeness (QED) is 0.455. The molecule has 3 N–H and O–H groups in total. The molecule has 0 radical (unpaired) electrons. The van der Waals surface area contributed by atoms with Gasteiger partial charge in [-0.2, -0.15) is 0 Å². The molecule has 0 bridgehead atoms. The Balaban J connectivity index is 2.08. The molecule has 6 nitrogen and oxygen atoms in total. The molecule has 0 aromatic heterocycles. The Kier molecular flexibility index (Phi) is 5.60. The van der Waals surface area contributed by atoms with E-state index < -0.39 is 11.6 Å². The Morgan fingerprint density at radius 1 is 1.55 bits per heavy atom. The van der Waals surface area contributed by atoms with Gasteiger partial charge in [-0.1, -0.05) is 26.3 Å².